The molecule has 0 aliphatic rings. The van der Waals surface area contributed by atoms with Crippen molar-refractivity contribution in [3.05, 3.63) is 28.2 Å². The summed E-state index contributed by atoms with van der Waals surface area (Å²) in [4.78, 5) is 23.8. The van der Waals surface area contributed by atoms with Crippen molar-refractivity contribution in [2.24, 2.45) is 5.92 Å². The summed E-state index contributed by atoms with van der Waals surface area (Å²) in [7, 11) is 1.56. The first-order valence-electron chi connectivity index (χ1n) is 8.54. The van der Waals surface area contributed by atoms with Crippen LogP contribution >= 0.6 is 15.9 Å². The van der Waals surface area contributed by atoms with Crippen molar-refractivity contribution >= 4 is 27.9 Å². The second-order valence-electron chi connectivity index (χ2n) is 6.18. The van der Waals surface area contributed by atoms with Crippen molar-refractivity contribution in [3.8, 4) is 5.75 Å². The number of esters is 2. The van der Waals surface area contributed by atoms with E-state index in [1.54, 1.807) is 13.2 Å². The minimum Gasteiger partial charge on any atom is -0.496 e. The molecule has 140 valence electrons. The van der Waals surface area contributed by atoms with Gasteiger partial charge in [0.2, 0.25) is 0 Å². The largest absolute Gasteiger partial charge is 0.496 e. The van der Waals surface area contributed by atoms with Crippen molar-refractivity contribution in [1.29, 1.82) is 0 Å². The molecule has 1 aromatic rings. The van der Waals surface area contributed by atoms with Crippen LogP contribution in [0.15, 0.2) is 22.7 Å². The highest BCUT2D eigenvalue weighted by Gasteiger charge is 2.18. The lowest BCUT2D eigenvalue weighted by Crippen LogP contribution is -2.24. The fourth-order valence-corrected chi connectivity index (χ4v) is 2.74. The predicted octanol–water partition coefficient (Wildman–Crippen LogP) is 4.65. The molecule has 1 rings (SSSR count). The molecule has 0 N–H and O–H groups in total. The SMILES string of the molecule is CCCC(OC(=O)CCC(=O)OCc1cc(Br)ccc1OC)C(C)C. The minimum absolute atomic E-state index is 0.00604. The van der Waals surface area contributed by atoms with Crippen LogP contribution in [0.1, 0.15) is 52.0 Å². The molecule has 6 heteroatoms. The number of carbonyl (C=O) groups is 2. The summed E-state index contributed by atoms with van der Waals surface area (Å²) < 4.78 is 16.8. The van der Waals surface area contributed by atoms with Gasteiger partial charge in [-0.05, 0) is 30.5 Å². The molecular weight excluding hydrogens is 388 g/mol. The molecule has 0 bridgehead atoms. The average Bonchev–Trinajstić information content (AvgIpc) is 2.57. The number of benzene rings is 1. The molecule has 1 aromatic carbocycles. The lowest BCUT2D eigenvalue weighted by Gasteiger charge is -2.20. The summed E-state index contributed by atoms with van der Waals surface area (Å²) in [5, 5.41) is 0. The first-order valence-corrected chi connectivity index (χ1v) is 9.34. The number of methoxy groups -OCH3 is 1. The summed E-state index contributed by atoms with van der Waals surface area (Å²) in [6.45, 7) is 6.19. The van der Waals surface area contributed by atoms with Crippen molar-refractivity contribution in [2.75, 3.05) is 7.11 Å². The minimum atomic E-state index is -0.435. The Hall–Kier alpha value is -1.56. The van der Waals surface area contributed by atoms with Crippen LogP contribution < -0.4 is 4.74 Å². The van der Waals surface area contributed by atoms with E-state index in [1.807, 2.05) is 26.0 Å². The zero-order valence-corrected chi connectivity index (χ0v) is 16.9. The van der Waals surface area contributed by atoms with Crippen LogP contribution in [0.5, 0.6) is 5.75 Å². The molecule has 25 heavy (non-hydrogen) atoms. The van der Waals surface area contributed by atoms with Gasteiger partial charge in [0.25, 0.3) is 0 Å². The highest BCUT2D eigenvalue weighted by molar-refractivity contribution is 9.10. The molecule has 0 aliphatic heterocycles. The lowest BCUT2D eigenvalue weighted by molar-refractivity contribution is -0.156. The summed E-state index contributed by atoms with van der Waals surface area (Å²) in [6, 6.07) is 5.48. The number of hydrogen-bond donors (Lipinski definition) is 0. The van der Waals surface area contributed by atoms with Crippen LogP contribution in [0, 0.1) is 5.92 Å². The summed E-state index contributed by atoms with van der Waals surface area (Å²) >= 11 is 3.37. The molecule has 0 heterocycles. The molecule has 0 radical (unpaired) electrons. The van der Waals surface area contributed by atoms with Gasteiger partial charge in [0, 0.05) is 10.0 Å². The van der Waals surface area contributed by atoms with E-state index in [-0.39, 0.29) is 37.4 Å². The maximum Gasteiger partial charge on any atom is 0.306 e. The zero-order valence-electron chi connectivity index (χ0n) is 15.3. The smallest absolute Gasteiger partial charge is 0.306 e. The normalized spacial score (nSPS) is 11.9. The Morgan fingerprint density at radius 3 is 2.44 bits per heavy atom. The number of ether oxygens (including phenoxy) is 3. The van der Waals surface area contributed by atoms with Gasteiger partial charge in [-0.3, -0.25) is 9.59 Å². The maximum atomic E-state index is 11.9. The van der Waals surface area contributed by atoms with Crippen LogP contribution in [-0.4, -0.2) is 25.2 Å². The number of hydrogen-bond acceptors (Lipinski definition) is 5. The van der Waals surface area contributed by atoms with Gasteiger partial charge in [0.05, 0.1) is 20.0 Å². The number of carbonyl (C=O) groups excluding carboxylic acids is 2. The Morgan fingerprint density at radius 2 is 1.84 bits per heavy atom. The van der Waals surface area contributed by atoms with Gasteiger partial charge in [0.1, 0.15) is 18.5 Å². The Balaban J connectivity index is 2.42. The van der Waals surface area contributed by atoms with Gasteiger partial charge in [0.15, 0.2) is 0 Å². The van der Waals surface area contributed by atoms with E-state index in [2.05, 4.69) is 22.9 Å². The molecule has 1 unspecified atom stereocenters. The molecule has 0 saturated carbocycles. The summed E-state index contributed by atoms with van der Waals surface area (Å²) in [6.07, 6.45) is 1.72. The van der Waals surface area contributed by atoms with Crippen LogP contribution in [0.4, 0.5) is 0 Å². The third-order valence-corrected chi connectivity index (χ3v) is 4.26. The van der Waals surface area contributed by atoms with Gasteiger partial charge >= 0.3 is 11.9 Å². The van der Waals surface area contributed by atoms with E-state index in [0.29, 0.717) is 5.75 Å². The average molecular weight is 415 g/mol. The molecule has 0 spiro atoms. The summed E-state index contributed by atoms with van der Waals surface area (Å²) in [5.74, 6) is 0.120. The van der Waals surface area contributed by atoms with Crippen molar-refractivity contribution in [2.45, 2.75) is 59.2 Å². The van der Waals surface area contributed by atoms with Gasteiger partial charge in [-0.1, -0.05) is 43.1 Å². The van der Waals surface area contributed by atoms with Gasteiger partial charge in [-0.25, -0.2) is 0 Å². The monoisotopic (exact) mass is 414 g/mol. The molecule has 1 atom stereocenters. The van der Waals surface area contributed by atoms with E-state index >= 15 is 0 Å². The van der Waals surface area contributed by atoms with Crippen molar-refractivity contribution in [1.82, 2.24) is 0 Å². The number of rotatable bonds is 10. The molecule has 5 nitrogen and oxygen atoms in total. The highest BCUT2D eigenvalue weighted by Crippen LogP contribution is 2.23. The third-order valence-electron chi connectivity index (χ3n) is 3.76. The fourth-order valence-electron chi connectivity index (χ4n) is 2.34. The van der Waals surface area contributed by atoms with Crippen molar-refractivity contribution < 1.29 is 23.8 Å². The van der Waals surface area contributed by atoms with Crippen LogP contribution in [0.3, 0.4) is 0 Å². The molecule has 0 aliphatic carbocycles. The van der Waals surface area contributed by atoms with Crippen LogP contribution in [0.2, 0.25) is 0 Å². The van der Waals surface area contributed by atoms with E-state index in [4.69, 9.17) is 14.2 Å². The first kappa shape index (κ1) is 21.5. The topological polar surface area (TPSA) is 61.8 Å². The van der Waals surface area contributed by atoms with Crippen molar-refractivity contribution in [3.63, 3.8) is 0 Å². The van der Waals surface area contributed by atoms with Crippen LogP contribution in [-0.2, 0) is 25.7 Å². The zero-order chi connectivity index (χ0) is 18.8. The lowest BCUT2D eigenvalue weighted by atomic mass is 10.0. The molecular formula is C19H27BrO5. The summed E-state index contributed by atoms with van der Waals surface area (Å²) in [5.41, 5.74) is 0.760. The highest BCUT2D eigenvalue weighted by atomic mass is 79.9. The quantitative estimate of drug-likeness (QED) is 0.521. The van der Waals surface area contributed by atoms with E-state index in [9.17, 15) is 9.59 Å². The van der Waals surface area contributed by atoms with Crippen LogP contribution in [0.25, 0.3) is 0 Å². The second-order valence-corrected chi connectivity index (χ2v) is 7.09. The molecule has 0 fully saturated rings. The van der Waals surface area contributed by atoms with Gasteiger partial charge in [-0.15, -0.1) is 0 Å². The molecule has 0 saturated heterocycles. The van der Waals surface area contributed by atoms with E-state index in [0.717, 1.165) is 22.9 Å². The van der Waals surface area contributed by atoms with E-state index < -0.39 is 5.97 Å². The number of halogens is 1. The Morgan fingerprint density at radius 1 is 1.16 bits per heavy atom. The Bertz CT molecular complexity index is 571. The van der Waals surface area contributed by atoms with Gasteiger partial charge in [-0.2, -0.15) is 0 Å². The Labute approximate surface area is 158 Å². The third kappa shape index (κ3) is 7.90. The van der Waals surface area contributed by atoms with E-state index in [1.165, 1.54) is 0 Å². The standard InChI is InChI=1S/C19H27BrO5/c1-5-6-16(13(2)3)25-19(22)10-9-18(21)24-12-14-11-15(20)7-8-17(14)23-4/h7-8,11,13,16H,5-6,9-10,12H2,1-4H3. The molecule has 0 aromatic heterocycles. The van der Waals surface area contributed by atoms with Gasteiger partial charge < -0.3 is 14.2 Å². The Kier molecular flexibility index (Phi) is 9.57. The molecule has 0 amide bonds. The fraction of sp³-hybridized carbons (Fsp3) is 0.579. The second kappa shape index (κ2) is 11.1. The maximum absolute atomic E-state index is 11.9. The predicted molar refractivity (Wildman–Crippen MR) is 99.4 cm³/mol. The first-order chi connectivity index (χ1) is 11.9.